The lowest BCUT2D eigenvalue weighted by Crippen LogP contribution is -2.39. The number of aliphatic carboxylic acids is 1. The fourth-order valence-electron chi connectivity index (χ4n) is 2.74. The van der Waals surface area contributed by atoms with Crippen LogP contribution in [0.4, 0.5) is 0 Å². The molecule has 0 amide bonds. The molecule has 5 heteroatoms. The first kappa shape index (κ1) is 12.0. The van der Waals surface area contributed by atoms with E-state index in [1.165, 1.54) is 4.57 Å². The van der Waals surface area contributed by atoms with E-state index >= 15 is 0 Å². The number of rotatable bonds is 3. The van der Waals surface area contributed by atoms with Gasteiger partial charge in [0.15, 0.2) is 5.58 Å². The Morgan fingerprint density at radius 2 is 2.21 bits per heavy atom. The topological polar surface area (TPSA) is 72.4 Å². The van der Waals surface area contributed by atoms with Crippen LogP contribution in [0.1, 0.15) is 24.8 Å². The third-order valence-electron chi connectivity index (χ3n) is 4.16. The molecular formula is C14H15NO4. The molecule has 19 heavy (non-hydrogen) atoms. The van der Waals surface area contributed by atoms with Crippen molar-refractivity contribution in [2.45, 2.75) is 25.7 Å². The summed E-state index contributed by atoms with van der Waals surface area (Å²) < 4.78 is 6.50. The number of fused-ring (bicyclic) bond motifs is 1. The molecule has 0 saturated heterocycles. The molecule has 1 aromatic carbocycles. The van der Waals surface area contributed by atoms with Crippen molar-refractivity contribution in [3.63, 3.8) is 0 Å². The van der Waals surface area contributed by atoms with Gasteiger partial charge in [-0.25, -0.2) is 4.79 Å². The van der Waals surface area contributed by atoms with Crippen molar-refractivity contribution < 1.29 is 14.3 Å². The molecule has 1 heterocycles. The number of oxazole rings is 1. The molecule has 100 valence electrons. The van der Waals surface area contributed by atoms with Crippen LogP contribution in [0.2, 0.25) is 0 Å². The Bertz CT molecular complexity index is 706. The highest BCUT2D eigenvalue weighted by Crippen LogP contribution is 2.44. The summed E-state index contributed by atoms with van der Waals surface area (Å²) in [6.07, 6.45) is 2.94. The van der Waals surface area contributed by atoms with Crippen LogP contribution in [0.3, 0.4) is 0 Å². The lowest BCUT2D eigenvalue weighted by Gasteiger charge is -2.37. The minimum absolute atomic E-state index is 0.399. The molecule has 0 radical (unpaired) electrons. The van der Waals surface area contributed by atoms with Crippen LogP contribution < -0.4 is 5.76 Å². The molecule has 2 aromatic rings. The van der Waals surface area contributed by atoms with Gasteiger partial charge in [0.1, 0.15) is 0 Å². The summed E-state index contributed by atoms with van der Waals surface area (Å²) in [4.78, 5) is 22.8. The van der Waals surface area contributed by atoms with Gasteiger partial charge in [-0.3, -0.25) is 9.36 Å². The zero-order valence-electron chi connectivity index (χ0n) is 10.7. The molecule has 0 bridgehead atoms. The summed E-state index contributed by atoms with van der Waals surface area (Å²) in [7, 11) is 1.65. The Balaban J connectivity index is 2.00. The molecule has 1 saturated carbocycles. The van der Waals surface area contributed by atoms with Crippen LogP contribution in [0.25, 0.3) is 11.1 Å². The smallest absolute Gasteiger partial charge is 0.419 e. The Hall–Kier alpha value is -2.04. The maximum absolute atomic E-state index is 11.4. The second kappa shape index (κ2) is 3.98. The first-order chi connectivity index (χ1) is 9.02. The van der Waals surface area contributed by atoms with Crippen molar-refractivity contribution in [1.82, 2.24) is 4.57 Å². The van der Waals surface area contributed by atoms with Crippen molar-refractivity contribution in [3.8, 4) is 0 Å². The lowest BCUT2D eigenvalue weighted by molar-refractivity contribution is -0.154. The maximum Gasteiger partial charge on any atom is 0.419 e. The van der Waals surface area contributed by atoms with Gasteiger partial charge in [-0.15, -0.1) is 0 Å². The Morgan fingerprint density at radius 1 is 1.47 bits per heavy atom. The molecule has 1 aromatic heterocycles. The molecule has 1 aliphatic rings. The lowest BCUT2D eigenvalue weighted by atomic mass is 9.65. The van der Waals surface area contributed by atoms with E-state index in [1.54, 1.807) is 13.1 Å². The highest BCUT2D eigenvalue weighted by Gasteiger charge is 2.44. The van der Waals surface area contributed by atoms with Crippen LogP contribution in [-0.4, -0.2) is 15.6 Å². The van der Waals surface area contributed by atoms with Crippen molar-refractivity contribution >= 4 is 17.1 Å². The van der Waals surface area contributed by atoms with Gasteiger partial charge >= 0.3 is 11.7 Å². The number of carboxylic acid groups (broad SMARTS) is 1. The number of aryl methyl sites for hydroxylation is 1. The predicted molar refractivity (Wildman–Crippen MR) is 69.1 cm³/mol. The van der Waals surface area contributed by atoms with Gasteiger partial charge in [0.05, 0.1) is 10.9 Å². The molecule has 0 unspecified atom stereocenters. The van der Waals surface area contributed by atoms with E-state index in [4.69, 9.17) is 4.42 Å². The second-order valence-electron chi connectivity index (χ2n) is 5.34. The van der Waals surface area contributed by atoms with Crippen molar-refractivity contribution in [2.24, 2.45) is 12.5 Å². The molecule has 1 N–H and O–H groups in total. The van der Waals surface area contributed by atoms with E-state index < -0.39 is 17.1 Å². The molecule has 5 nitrogen and oxygen atoms in total. The third kappa shape index (κ3) is 1.77. The molecule has 0 atom stereocenters. The summed E-state index contributed by atoms with van der Waals surface area (Å²) >= 11 is 0. The third-order valence-corrected chi connectivity index (χ3v) is 4.16. The van der Waals surface area contributed by atoms with Crippen LogP contribution in [0.5, 0.6) is 0 Å². The van der Waals surface area contributed by atoms with Gasteiger partial charge in [0, 0.05) is 7.05 Å². The average molecular weight is 261 g/mol. The molecule has 1 fully saturated rings. The van der Waals surface area contributed by atoms with E-state index in [0.29, 0.717) is 17.5 Å². The quantitative estimate of drug-likeness (QED) is 0.916. The zero-order chi connectivity index (χ0) is 13.6. The summed E-state index contributed by atoms with van der Waals surface area (Å²) in [5.41, 5.74) is 1.57. The Labute approximate surface area is 109 Å². The first-order valence-electron chi connectivity index (χ1n) is 6.34. The van der Waals surface area contributed by atoms with Gasteiger partial charge < -0.3 is 9.52 Å². The highest BCUT2D eigenvalue weighted by atomic mass is 16.4. The highest BCUT2D eigenvalue weighted by molar-refractivity contribution is 5.77. The Kier molecular flexibility index (Phi) is 2.52. The van der Waals surface area contributed by atoms with E-state index in [9.17, 15) is 14.7 Å². The summed E-state index contributed by atoms with van der Waals surface area (Å²) in [5.74, 6) is -1.12. The Morgan fingerprint density at radius 3 is 2.79 bits per heavy atom. The van der Waals surface area contributed by atoms with E-state index in [-0.39, 0.29) is 0 Å². The average Bonchev–Trinajstić information content (AvgIpc) is 2.60. The zero-order valence-corrected chi connectivity index (χ0v) is 10.7. The monoisotopic (exact) mass is 261 g/mol. The number of hydrogen-bond acceptors (Lipinski definition) is 3. The fraction of sp³-hybridized carbons (Fsp3) is 0.429. The van der Waals surface area contributed by atoms with E-state index in [2.05, 4.69) is 0 Å². The number of carbonyl (C=O) groups is 1. The SMILES string of the molecule is Cn1c(=O)oc2ccc(CC3(C(=O)O)CCC3)cc21. The number of carboxylic acids is 1. The predicted octanol–water partition coefficient (Wildman–Crippen LogP) is 1.93. The second-order valence-corrected chi connectivity index (χ2v) is 5.34. The molecule has 1 aliphatic carbocycles. The molecular weight excluding hydrogens is 246 g/mol. The van der Waals surface area contributed by atoms with Crippen LogP contribution in [-0.2, 0) is 18.3 Å². The molecule has 0 spiro atoms. The van der Waals surface area contributed by atoms with Gasteiger partial charge in [-0.1, -0.05) is 12.5 Å². The summed E-state index contributed by atoms with van der Waals surface area (Å²) in [6.45, 7) is 0. The first-order valence-corrected chi connectivity index (χ1v) is 6.34. The number of hydrogen-bond donors (Lipinski definition) is 1. The minimum atomic E-state index is -0.722. The standard InChI is InChI=1S/C14H15NO4/c1-15-10-7-9(3-4-11(10)19-13(15)18)8-14(12(16)17)5-2-6-14/h3-4,7H,2,5-6,8H2,1H3,(H,16,17). The maximum atomic E-state index is 11.4. The summed E-state index contributed by atoms with van der Waals surface area (Å²) in [5, 5.41) is 9.34. The fourth-order valence-corrected chi connectivity index (χ4v) is 2.74. The molecule has 3 rings (SSSR count). The van der Waals surface area contributed by atoms with Gasteiger partial charge in [0.25, 0.3) is 0 Å². The van der Waals surface area contributed by atoms with Crippen molar-refractivity contribution in [1.29, 1.82) is 0 Å². The molecule has 0 aliphatic heterocycles. The summed E-state index contributed by atoms with van der Waals surface area (Å²) in [6, 6.07) is 5.43. The van der Waals surface area contributed by atoms with Crippen LogP contribution in [0.15, 0.2) is 27.4 Å². The number of benzene rings is 1. The van der Waals surface area contributed by atoms with Crippen molar-refractivity contribution in [3.05, 3.63) is 34.3 Å². The van der Waals surface area contributed by atoms with Gasteiger partial charge in [0.2, 0.25) is 0 Å². The van der Waals surface area contributed by atoms with Crippen molar-refractivity contribution in [2.75, 3.05) is 0 Å². The van der Waals surface area contributed by atoms with Gasteiger partial charge in [-0.2, -0.15) is 0 Å². The number of nitrogens with zero attached hydrogens (tertiary/aromatic N) is 1. The normalized spacial score (nSPS) is 17.3. The number of aromatic nitrogens is 1. The van der Waals surface area contributed by atoms with Crippen LogP contribution >= 0.6 is 0 Å². The largest absolute Gasteiger partial charge is 0.481 e. The van der Waals surface area contributed by atoms with Crippen LogP contribution in [0, 0.1) is 5.41 Å². The minimum Gasteiger partial charge on any atom is -0.481 e. The van der Waals surface area contributed by atoms with E-state index in [1.807, 2.05) is 12.1 Å². The van der Waals surface area contributed by atoms with E-state index in [0.717, 1.165) is 24.8 Å². The van der Waals surface area contributed by atoms with Gasteiger partial charge in [-0.05, 0) is 37.0 Å².